The Labute approximate surface area is 79.5 Å². The van der Waals surface area contributed by atoms with Crippen molar-refractivity contribution in [1.82, 2.24) is 10.2 Å². The Morgan fingerprint density at radius 3 is 2.79 bits per heavy atom. The van der Waals surface area contributed by atoms with Gasteiger partial charge in [0.1, 0.15) is 0 Å². The van der Waals surface area contributed by atoms with E-state index in [0.717, 1.165) is 0 Å². The van der Waals surface area contributed by atoms with Gasteiger partial charge in [-0.25, -0.2) is 8.78 Å². The first-order chi connectivity index (χ1) is 6.57. The molecular weight excluding hydrogens is 192 g/mol. The zero-order valence-corrected chi connectivity index (χ0v) is 7.54. The third-order valence-corrected chi connectivity index (χ3v) is 2.45. The van der Waals surface area contributed by atoms with Gasteiger partial charge in [0.2, 0.25) is 11.8 Å². The van der Waals surface area contributed by atoms with Crippen LogP contribution in [0.15, 0.2) is 4.42 Å². The highest BCUT2D eigenvalue weighted by Crippen LogP contribution is 2.41. The minimum absolute atomic E-state index is 0.0485. The molecule has 1 heterocycles. The molecule has 0 amide bonds. The summed E-state index contributed by atoms with van der Waals surface area (Å²) in [6, 6.07) is -0.0612. The molecule has 2 rings (SSSR count). The van der Waals surface area contributed by atoms with Gasteiger partial charge in [0.15, 0.2) is 0 Å². The molecule has 1 aliphatic rings. The van der Waals surface area contributed by atoms with E-state index in [1.54, 1.807) is 0 Å². The maximum Gasteiger partial charge on any atom is 0.312 e. The van der Waals surface area contributed by atoms with Crippen LogP contribution in [0.5, 0.6) is 0 Å². The zero-order valence-electron chi connectivity index (χ0n) is 7.54. The van der Waals surface area contributed by atoms with Crippen LogP contribution < -0.4 is 5.73 Å². The van der Waals surface area contributed by atoms with Crippen LogP contribution in [0, 0.1) is 0 Å². The fourth-order valence-electron chi connectivity index (χ4n) is 1.79. The number of nitrogen functional groups attached to an aromatic ring is 1. The van der Waals surface area contributed by atoms with E-state index in [1.807, 2.05) is 0 Å². The molecule has 0 spiro atoms. The third-order valence-electron chi connectivity index (χ3n) is 2.45. The summed E-state index contributed by atoms with van der Waals surface area (Å²) in [6.07, 6.45) is 0.888. The van der Waals surface area contributed by atoms with Crippen LogP contribution in [0.4, 0.5) is 14.8 Å². The Morgan fingerprint density at radius 1 is 1.43 bits per heavy atom. The molecule has 1 fully saturated rings. The summed E-state index contributed by atoms with van der Waals surface area (Å²) >= 11 is 0. The predicted molar refractivity (Wildman–Crippen MR) is 44.9 cm³/mol. The summed E-state index contributed by atoms with van der Waals surface area (Å²) in [5, 5.41) is 7.09. The number of hydrogen-bond donors (Lipinski definition) is 1. The monoisotopic (exact) mass is 203 g/mol. The van der Waals surface area contributed by atoms with E-state index in [-0.39, 0.29) is 30.7 Å². The van der Waals surface area contributed by atoms with E-state index >= 15 is 0 Å². The van der Waals surface area contributed by atoms with Crippen molar-refractivity contribution in [1.29, 1.82) is 0 Å². The zero-order chi connectivity index (χ0) is 10.2. The van der Waals surface area contributed by atoms with Gasteiger partial charge in [-0.1, -0.05) is 5.10 Å². The Hall–Kier alpha value is -1.20. The average molecular weight is 203 g/mol. The number of halogens is 2. The van der Waals surface area contributed by atoms with E-state index in [1.165, 1.54) is 0 Å². The molecule has 14 heavy (non-hydrogen) atoms. The topological polar surface area (TPSA) is 64.9 Å². The summed E-state index contributed by atoms with van der Waals surface area (Å²) < 4.78 is 31.0. The van der Waals surface area contributed by atoms with E-state index in [9.17, 15) is 8.78 Å². The highest BCUT2D eigenvalue weighted by atomic mass is 19.3. The van der Waals surface area contributed by atoms with Crippen LogP contribution in [0.25, 0.3) is 0 Å². The fourth-order valence-corrected chi connectivity index (χ4v) is 1.79. The molecule has 1 unspecified atom stereocenters. The standard InChI is InChI=1S/C8H11F2N3O/c9-8(10)3-1-2-5(4-8)6-12-13-7(11)14-6/h5H,1-4H2,(H2,11,13). The fraction of sp³-hybridized carbons (Fsp3) is 0.750. The summed E-state index contributed by atoms with van der Waals surface area (Å²) in [6.45, 7) is 0. The Balaban J connectivity index is 2.12. The minimum Gasteiger partial charge on any atom is -0.408 e. The van der Waals surface area contributed by atoms with Gasteiger partial charge in [-0.05, 0) is 12.8 Å². The number of anilines is 1. The molecule has 6 heteroatoms. The molecule has 1 saturated carbocycles. The quantitative estimate of drug-likeness (QED) is 0.757. The lowest BCUT2D eigenvalue weighted by Gasteiger charge is -2.26. The van der Waals surface area contributed by atoms with E-state index in [4.69, 9.17) is 10.2 Å². The highest BCUT2D eigenvalue weighted by molar-refractivity contribution is 5.08. The second-order valence-corrected chi connectivity index (χ2v) is 3.63. The van der Waals surface area contributed by atoms with Crippen molar-refractivity contribution >= 4 is 6.01 Å². The average Bonchev–Trinajstić information content (AvgIpc) is 2.50. The van der Waals surface area contributed by atoms with Crippen molar-refractivity contribution < 1.29 is 13.2 Å². The lowest BCUT2D eigenvalue weighted by Crippen LogP contribution is -2.25. The van der Waals surface area contributed by atoms with Crippen LogP contribution >= 0.6 is 0 Å². The van der Waals surface area contributed by atoms with E-state index in [2.05, 4.69) is 10.2 Å². The Kier molecular flexibility index (Phi) is 2.13. The summed E-state index contributed by atoms with van der Waals surface area (Å²) in [7, 11) is 0. The highest BCUT2D eigenvalue weighted by Gasteiger charge is 2.38. The molecule has 0 bridgehead atoms. The molecule has 78 valence electrons. The van der Waals surface area contributed by atoms with E-state index < -0.39 is 5.92 Å². The van der Waals surface area contributed by atoms with Crippen molar-refractivity contribution in [3.63, 3.8) is 0 Å². The molecular formula is C8H11F2N3O. The lowest BCUT2D eigenvalue weighted by molar-refractivity contribution is -0.0435. The van der Waals surface area contributed by atoms with Gasteiger partial charge in [-0.2, -0.15) is 0 Å². The molecule has 2 N–H and O–H groups in total. The van der Waals surface area contributed by atoms with Gasteiger partial charge in [-0.3, -0.25) is 0 Å². The maximum atomic E-state index is 13.0. The molecule has 0 aromatic carbocycles. The van der Waals surface area contributed by atoms with Crippen LogP contribution in [0.2, 0.25) is 0 Å². The van der Waals surface area contributed by atoms with E-state index in [0.29, 0.717) is 12.8 Å². The van der Waals surface area contributed by atoms with Gasteiger partial charge in [0.05, 0.1) is 0 Å². The summed E-state index contributed by atoms with van der Waals surface area (Å²) in [4.78, 5) is 0. The normalized spacial score (nSPS) is 26.3. The number of aromatic nitrogens is 2. The van der Waals surface area contributed by atoms with Crippen molar-refractivity contribution in [3.8, 4) is 0 Å². The number of nitrogens with two attached hydrogens (primary N) is 1. The molecule has 1 atom stereocenters. The van der Waals surface area contributed by atoms with Crippen molar-refractivity contribution in [2.45, 2.75) is 37.5 Å². The molecule has 0 saturated heterocycles. The van der Waals surface area contributed by atoms with Crippen molar-refractivity contribution in [3.05, 3.63) is 5.89 Å². The summed E-state index contributed by atoms with van der Waals surface area (Å²) in [5.41, 5.74) is 5.23. The van der Waals surface area contributed by atoms with Gasteiger partial charge in [0.25, 0.3) is 0 Å². The van der Waals surface area contributed by atoms with Gasteiger partial charge in [-0.15, -0.1) is 5.10 Å². The SMILES string of the molecule is Nc1nnc(C2CCCC(F)(F)C2)o1. The maximum absolute atomic E-state index is 13.0. The lowest BCUT2D eigenvalue weighted by atomic mass is 9.86. The van der Waals surface area contributed by atoms with Crippen molar-refractivity contribution in [2.75, 3.05) is 5.73 Å². The van der Waals surface area contributed by atoms with Crippen molar-refractivity contribution in [2.24, 2.45) is 0 Å². The minimum atomic E-state index is -2.61. The first kappa shape index (κ1) is 9.36. The predicted octanol–water partition coefficient (Wildman–Crippen LogP) is 1.94. The first-order valence-electron chi connectivity index (χ1n) is 4.53. The van der Waals surface area contributed by atoms with Gasteiger partial charge < -0.3 is 10.2 Å². The Morgan fingerprint density at radius 2 is 2.21 bits per heavy atom. The van der Waals surface area contributed by atoms with Crippen LogP contribution in [-0.2, 0) is 0 Å². The second kappa shape index (κ2) is 3.18. The number of alkyl halides is 2. The number of rotatable bonds is 1. The summed E-state index contributed by atoms with van der Waals surface area (Å²) in [5.74, 6) is -2.71. The molecule has 4 nitrogen and oxygen atoms in total. The third kappa shape index (κ3) is 1.83. The smallest absolute Gasteiger partial charge is 0.312 e. The second-order valence-electron chi connectivity index (χ2n) is 3.63. The molecule has 1 aromatic rings. The number of hydrogen-bond acceptors (Lipinski definition) is 4. The Bertz CT molecular complexity index is 326. The molecule has 1 aromatic heterocycles. The number of nitrogens with zero attached hydrogens (tertiary/aromatic N) is 2. The van der Waals surface area contributed by atoms with Crippen LogP contribution in [0.1, 0.15) is 37.5 Å². The molecule has 0 aliphatic heterocycles. The van der Waals surface area contributed by atoms with Crippen LogP contribution in [-0.4, -0.2) is 16.1 Å². The molecule has 1 aliphatic carbocycles. The van der Waals surface area contributed by atoms with Gasteiger partial charge >= 0.3 is 6.01 Å². The van der Waals surface area contributed by atoms with Gasteiger partial charge in [0, 0.05) is 18.8 Å². The van der Waals surface area contributed by atoms with Crippen LogP contribution in [0.3, 0.4) is 0 Å². The first-order valence-corrected chi connectivity index (χ1v) is 4.53. The largest absolute Gasteiger partial charge is 0.408 e. The molecule has 0 radical (unpaired) electrons.